The van der Waals surface area contributed by atoms with Crippen molar-refractivity contribution in [3.63, 3.8) is 0 Å². The van der Waals surface area contributed by atoms with Crippen molar-refractivity contribution in [3.8, 4) is 17.6 Å². The zero-order valence-corrected chi connectivity index (χ0v) is 19.8. The molecule has 9 heteroatoms. The third kappa shape index (κ3) is 7.18. The van der Waals surface area contributed by atoms with Crippen LogP contribution in [0.1, 0.15) is 23.1 Å². The van der Waals surface area contributed by atoms with Gasteiger partial charge in [0.05, 0.1) is 29.4 Å². The monoisotopic (exact) mass is 520 g/mol. The van der Waals surface area contributed by atoms with Gasteiger partial charge in [-0.15, -0.1) is 0 Å². The number of benzene rings is 3. The SMILES string of the molecule is COc1cc(C=NNC(=O)CC(=O)Nc2ccccc2)cc(Br)c1OCc1ccc(C#N)cc1. The van der Waals surface area contributed by atoms with Crippen LogP contribution in [0.25, 0.3) is 0 Å². The average molecular weight is 521 g/mol. The average Bonchev–Trinajstić information content (AvgIpc) is 2.84. The first-order valence-corrected chi connectivity index (χ1v) is 10.9. The molecule has 3 rings (SSSR count). The minimum atomic E-state index is -0.543. The molecule has 0 radical (unpaired) electrons. The van der Waals surface area contributed by atoms with E-state index in [1.807, 2.05) is 18.2 Å². The minimum absolute atomic E-state index is 0.287. The first-order chi connectivity index (χ1) is 16.5. The van der Waals surface area contributed by atoms with Crippen molar-refractivity contribution in [3.05, 3.63) is 87.9 Å². The summed E-state index contributed by atoms with van der Waals surface area (Å²) in [4.78, 5) is 23.9. The van der Waals surface area contributed by atoms with Crippen molar-refractivity contribution in [2.45, 2.75) is 13.0 Å². The summed E-state index contributed by atoms with van der Waals surface area (Å²) in [6, 6.07) is 21.5. The van der Waals surface area contributed by atoms with Crippen LogP contribution in [-0.4, -0.2) is 25.1 Å². The molecule has 2 amide bonds. The molecule has 0 aliphatic rings. The lowest BCUT2D eigenvalue weighted by atomic mass is 10.1. The molecule has 0 atom stereocenters. The molecule has 3 aromatic carbocycles. The van der Waals surface area contributed by atoms with Crippen molar-refractivity contribution in [1.29, 1.82) is 5.26 Å². The van der Waals surface area contributed by atoms with Crippen LogP contribution in [-0.2, 0) is 16.2 Å². The Bertz CT molecular complexity index is 1220. The highest BCUT2D eigenvalue weighted by atomic mass is 79.9. The van der Waals surface area contributed by atoms with Crippen molar-refractivity contribution < 1.29 is 19.1 Å². The molecular weight excluding hydrogens is 500 g/mol. The highest BCUT2D eigenvalue weighted by Crippen LogP contribution is 2.36. The van der Waals surface area contributed by atoms with Gasteiger partial charge in [-0.3, -0.25) is 9.59 Å². The van der Waals surface area contributed by atoms with Gasteiger partial charge in [-0.2, -0.15) is 10.4 Å². The number of carbonyl (C=O) groups is 2. The van der Waals surface area contributed by atoms with Crippen LogP contribution in [0, 0.1) is 11.3 Å². The van der Waals surface area contributed by atoms with E-state index in [9.17, 15) is 9.59 Å². The van der Waals surface area contributed by atoms with Gasteiger partial charge in [0.1, 0.15) is 13.0 Å². The Morgan fingerprint density at radius 2 is 1.82 bits per heavy atom. The maximum Gasteiger partial charge on any atom is 0.249 e. The number of hydrazone groups is 1. The van der Waals surface area contributed by atoms with Crippen molar-refractivity contribution in [2.24, 2.45) is 5.10 Å². The van der Waals surface area contributed by atoms with Gasteiger partial charge in [-0.1, -0.05) is 30.3 Å². The lowest BCUT2D eigenvalue weighted by Crippen LogP contribution is -2.24. The maximum absolute atomic E-state index is 12.0. The van der Waals surface area contributed by atoms with Crippen molar-refractivity contribution >= 4 is 39.6 Å². The Hall–Kier alpha value is -4.16. The Morgan fingerprint density at radius 3 is 2.50 bits per heavy atom. The summed E-state index contributed by atoms with van der Waals surface area (Å²) in [6.45, 7) is 0.287. The number of hydrogen-bond acceptors (Lipinski definition) is 6. The highest BCUT2D eigenvalue weighted by molar-refractivity contribution is 9.10. The molecule has 0 spiro atoms. The van der Waals surface area contributed by atoms with Gasteiger partial charge in [-0.25, -0.2) is 5.43 Å². The van der Waals surface area contributed by atoms with E-state index in [4.69, 9.17) is 14.7 Å². The number of hydrogen-bond donors (Lipinski definition) is 2. The van der Waals surface area contributed by atoms with E-state index in [1.54, 1.807) is 48.5 Å². The summed E-state index contributed by atoms with van der Waals surface area (Å²) < 4.78 is 12.0. The van der Waals surface area contributed by atoms with Crippen LogP contribution in [0.4, 0.5) is 5.69 Å². The van der Waals surface area contributed by atoms with Gasteiger partial charge in [0, 0.05) is 5.69 Å². The maximum atomic E-state index is 12.0. The Kier molecular flexibility index (Phi) is 8.77. The molecule has 0 aromatic heterocycles. The predicted octanol–water partition coefficient (Wildman–Crippen LogP) is 4.39. The number of para-hydroxylation sites is 1. The molecule has 0 aliphatic carbocycles. The summed E-state index contributed by atoms with van der Waals surface area (Å²) >= 11 is 3.47. The number of nitrogens with zero attached hydrogens (tertiary/aromatic N) is 2. The van der Waals surface area contributed by atoms with Gasteiger partial charge in [0.15, 0.2) is 11.5 Å². The van der Waals surface area contributed by atoms with Crippen molar-refractivity contribution in [2.75, 3.05) is 12.4 Å². The molecular formula is C25H21BrN4O4. The second-order valence-corrected chi connectivity index (χ2v) is 7.87. The molecule has 0 fully saturated rings. The molecule has 3 aromatic rings. The summed E-state index contributed by atoms with van der Waals surface area (Å²) in [5, 5.41) is 15.4. The fraction of sp³-hybridized carbons (Fsp3) is 0.120. The lowest BCUT2D eigenvalue weighted by Gasteiger charge is -2.13. The largest absolute Gasteiger partial charge is 0.493 e. The first-order valence-electron chi connectivity index (χ1n) is 10.1. The molecule has 8 nitrogen and oxygen atoms in total. The number of carbonyl (C=O) groups excluding carboxylic acids is 2. The molecule has 0 saturated carbocycles. The summed E-state index contributed by atoms with van der Waals surface area (Å²) in [5.41, 5.74) is 5.07. The number of nitrogens with one attached hydrogen (secondary N) is 2. The van der Waals surface area contributed by atoms with E-state index < -0.39 is 11.8 Å². The third-order valence-electron chi connectivity index (χ3n) is 4.50. The minimum Gasteiger partial charge on any atom is -0.493 e. The molecule has 172 valence electrons. The smallest absolute Gasteiger partial charge is 0.249 e. The number of ether oxygens (including phenoxy) is 2. The Balaban J connectivity index is 1.57. The third-order valence-corrected chi connectivity index (χ3v) is 5.09. The summed E-state index contributed by atoms with van der Waals surface area (Å²) in [7, 11) is 1.52. The summed E-state index contributed by atoms with van der Waals surface area (Å²) in [6.07, 6.45) is 1.08. The van der Waals surface area contributed by atoms with Crippen molar-refractivity contribution in [1.82, 2.24) is 5.43 Å². The Morgan fingerprint density at radius 1 is 1.09 bits per heavy atom. The topological polar surface area (TPSA) is 113 Å². The number of halogens is 1. The van der Waals surface area contributed by atoms with E-state index in [2.05, 4.69) is 37.8 Å². The van der Waals surface area contributed by atoms with Gasteiger partial charge in [0.2, 0.25) is 11.8 Å². The first kappa shape index (κ1) is 24.5. The van der Waals surface area contributed by atoms with E-state index in [-0.39, 0.29) is 13.0 Å². The quantitative estimate of drug-likeness (QED) is 0.247. The van der Waals surface area contributed by atoms with Crippen LogP contribution >= 0.6 is 15.9 Å². The number of nitriles is 1. The summed E-state index contributed by atoms with van der Waals surface area (Å²) in [5.74, 6) is -0.00572. The Labute approximate surface area is 205 Å². The standard InChI is InChI=1S/C25H21BrN4O4/c1-33-22-12-19(11-21(26)25(22)34-16-18-9-7-17(14-27)8-10-18)15-28-30-24(32)13-23(31)29-20-5-3-2-4-6-20/h2-12,15H,13,16H2,1H3,(H,29,31)(H,30,32). The van der Waals surface area contributed by atoms with Crippen LogP contribution in [0.2, 0.25) is 0 Å². The predicted molar refractivity (Wildman–Crippen MR) is 132 cm³/mol. The van der Waals surface area contributed by atoms with Gasteiger partial charge in [0.25, 0.3) is 0 Å². The molecule has 0 heterocycles. The van der Waals surface area contributed by atoms with E-state index >= 15 is 0 Å². The number of anilines is 1. The zero-order chi connectivity index (χ0) is 24.3. The number of rotatable bonds is 9. The molecule has 0 saturated heterocycles. The van der Waals surface area contributed by atoms with Gasteiger partial charge in [-0.05, 0) is 63.5 Å². The molecule has 34 heavy (non-hydrogen) atoms. The normalized spacial score (nSPS) is 10.4. The van der Waals surface area contributed by atoms with Crippen LogP contribution < -0.4 is 20.2 Å². The van der Waals surface area contributed by atoms with Crippen LogP contribution in [0.15, 0.2) is 76.3 Å². The number of amides is 2. The number of methoxy groups -OCH3 is 1. The second kappa shape index (κ2) is 12.2. The van der Waals surface area contributed by atoms with E-state index in [0.29, 0.717) is 32.8 Å². The lowest BCUT2D eigenvalue weighted by molar-refractivity contribution is -0.126. The van der Waals surface area contributed by atoms with Crippen LogP contribution in [0.3, 0.4) is 0 Å². The van der Waals surface area contributed by atoms with E-state index in [1.165, 1.54) is 13.3 Å². The molecule has 0 bridgehead atoms. The molecule has 0 unspecified atom stereocenters. The van der Waals surface area contributed by atoms with E-state index in [0.717, 1.165) is 5.56 Å². The fourth-order valence-electron chi connectivity index (χ4n) is 2.88. The fourth-order valence-corrected chi connectivity index (χ4v) is 3.45. The highest BCUT2D eigenvalue weighted by Gasteiger charge is 2.12. The molecule has 0 aliphatic heterocycles. The van der Waals surface area contributed by atoms with Gasteiger partial charge >= 0.3 is 0 Å². The second-order valence-electron chi connectivity index (χ2n) is 7.02. The molecule has 2 N–H and O–H groups in total. The van der Waals surface area contributed by atoms with Crippen LogP contribution in [0.5, 0.6) is 11.5 Å². The van der Waals surface area contributed by atoms with Gasteiger partial charge < -0.3 is 14.8 Å². The zero-order valence-electron chi connectivity index (χ0n) is 18.2.